The van der Waals surface area contributed by atoms with Gasteiger partial charge in [0, 0.05) is 13.0 Å². The van der Waals surface area contributed by atoms with Crippen LogP contribution in [0.15, 0.2) is 0 Å². The summed E-state index contributed by atoms with van der Waals surface area (Å²) in [6.45, 7) is 2.02. The lowest BCUT2D eigenvalue weighted by molar-refractivity contribution is -0.142. The lowest BCUT2D eigenvalue weighted by Gasteiger charge is -2.02. The minimum atomic E-state index is -1.00. The number of hydrogen-bond acceptors (Lipinski definition) is 3. The molecule has 0 spiro atoms. The van der Waals surface area contributed by atoms with Crippen molar-refractivity contribution in [1.29, 1.82) is 0 Å². The zero-order chi connectivity index (χ0) is 9.40. The van der Waals surface area contributed by atoms with E-state index in [1.54, 1.807) is 6.92 Å². The van der Waals surface area contributed by atoms with E-state index >= 15 is 0 Å². The van der Waals surface area contributed by atoms with Crippen LogP contribution in [0.4, 0.5) is 0 Å². The van der Waals surface area contributed by atoms with Crippen molar-refractivity contribution in [3.8, 4) is 0 Å². The molecule has 0 radical (unpaired) electrons. The molecule has 0 heterocycles. The Balaban J connectivity index is 3.11. The Morgan fingerprint density at radius 2 is 2.17 bits per heavy atom. The summed E-state index contributed by atoms with van der Waals surface area (Å²) in [6, 6.07) is 0. The van der Waals surface area contributed by atoms with E-state index in [4.69, 9.17) is 5.11 Å². The van der Waals surface area contributed by atoms with Crippen molar-refractivity contribution in [3.63, 3.8) is 0 Å². The first kappa shape index (κ1) is 10.9. The molecule has 5 nitrogen and oxygen atoms in total. The fourth-order valence-electron chi connectivity index (χ4n) is 0.547. The van der Waals surface area contributed by atoms with E-state index in [0.717, 1.165) is 0 Å². The van der Waals surface area contributed by atoms with Crippen LogP contribution >= 0.6 is 0 Å². The number of hydrogen-bond donors (Lipinski definition) is 2. The first-order valence-corrected chi connectivity index (χ1v) is 3.73. The van der Waals surface area contributed by atoms with Gasteiger partial charge in [-0.15, -0.1) is 0 Å². The fourth-order valence-corrected chi connectivity index (χ4v) is 0.547. The van der Waals surface area contributed by atoms with Crippen LogP contribution in [-0.2, 0) is 14.3 Å². The molecule has 0 atom stereocenters. The van der Waals surface area contributed by atoms with Gasteiger partial charge in [-0.05, 0) is 0 Å². The second-order valence-electron chi connectivity index (χ2n) is 2.15. The van der Waals surface area contributed by atoms with E-state index < -0.39 is 5.97 Å². The van der Waals surface area contributed by atoms with Gasteiger partial charge in [0.2, 0.25) is 5.91 Å². The van der Waals surface area contributed by atoms with Crippen molar-refractivity contribution in [1.82, 2.24) is 5.32 Å². The molecule has 0 bridgehead atoms. The van der Waals surface area contributed by atoms with Crippen LogP contribution in [0.1, 0.15) is 13.3 Å². The van der Waals surface area contributed by atoms with Crippen LogP contribution in [0.25, 0.3) is 0 Å². The molecule has 0 rings (SSSR count). The molecule has 0 aromatic carbocycles. The van der Waals surface area contributed by atoms with Crippen LogP contribution < -0.4 is 5.32 Å². The van der Waals surface area contributed by atoms with Gasteiger partial charge in [-0.3, -0.25) is 4.79 Å². The van der Waals surface area contributed by atoms with Gasteiger partial charge in [0.05, 0.1) is 6.61 Å². The van der Waals surface area contributed by atoms with Crippen LogP contribution in [-0.4, -0.2) is 36.7 Å². The minimum Gasteiger partial charge on any atom is -0.480 e. The Hall–Kier alpha value is -1.10. The summed E-state index contributed by atoms with van der Waals surface area (Å²) in [4.78, 5) is 20.6. The van der Waals surface area contributed by atoms with Crippen molar-refractivity contribution in [2.24, 2.45) is 0 Å². The van der Waals surface area contributed by atoms with Gasteiger partial charge in [0.25, 0.3) is 0 Å². The van der Waals surface area contributed by atoms with E-state index in [2.05, 4.69) is 10.1 Å². The molecule has 5 heteroatoms. The predicted octanol–water partition coefficient (Wildman–Crippen LogP) is -0.386. The Bertz CT molecular complexity index is 157. The smallest absolute Gasteiger partial charge is 0.329 e. The molecule has 0 aliphatic heterocycles. The topological polar surface area (TPSA) is 75.6 Å². The van der Waals surface area contributed by atoms with Gasteiger partial charge in [0.15, 0.2) is 0 Å². The van der Waals surface area contributed by atoms with E-state index in [1.165, 1.54) is 0 Å². The summed E-state index contributed by atoms with van der Waals surface area (Å²) in [6.07, 6.45) is 0.429. The Kier molecular flexibility index (Phi) is 6.00. The highest BCUT2D eigenvalue weighted by atomic mass is 16.5. The fraction of sp³-hybridized carbons (Fsp3) is 0.714. The monoisotopic (exact) mass is 175 g/mol. The zero-order valence-electron chi connectivity index (χ0n) is 7.00. The van der Waals surface area contributed by atoms with Crippen molar-refractivity contribution >= 4 is 11.9 Å². The molecule has 1 amide bonds. The van der Waals surface area contributed by atoms with Crippen molar-refractivity contribution in [2.75, 3.05) is 19.8 Å². The molecule has 0 aromatic rings. The molecule has 0 saturated heterocycles. The normalized spacial score (nSPS) is 9.42. The number of carbonyl (C=O) groups excluding carboxylic acids is 1. The molecule has 12 heavy (non-hydrogen) atoms. The highest BCUT2D eigenvalue weighted by Gasteiger charge is 1.97. The van der Waals surface area contributed by atoms with Crippen LogP contribution in [0.3, 0.4) is 0 Å². The molecule has 70 valence electrons. The number of amides is 1. The first-order valence-electron chi connectivity index (χ1n) is 3.73. The second kappa shape index (κ2) is 6.60. The molecule has 0 fully saturated rings. The maximum Gasteiger partial charge on any atom is 0.329 e. The van der Waals surface area contributed by atoms with E-state index in [-0.39, 0.29) is 19.1 Å². The molecule has 0 aliphatic rings. The standard InChI is InChI=1S/C7H13NO4/c1-2-6(9)8-3-4-12-5-7(10)11/h2-5H2,1H3,(H,8,9)(H,10,11). The number of ether oxygens (including phenoxy) is 1. The Labute approximate surface area is 70.7 Å². The zero-order valence-corrected chi connectivity index (χ0v) is 7.00. The van der Waals surface area contributed by atoms with Gasteiger partial charge < -0.3 is 15.2 Å². The Morgan fingerprint density at radius 1 is 1.50 bits per heavy atom. The second-order valence-corrected chi connectivity index (χ2v) is 2.15. The van der Waals surface area contributed by atoms with Crippen molar-refractivity contribution in [3.05, 3.63) is 0 Å². The first-order chi connectivity index (χ1) is 5.66. The highest BCUT2D eigenvalue weighted by Crippen LogP contribution is 1.76. The number of nitrogens with one attached hydrogen (secondary N) is 1. The lowest BCUT2D eigenvalue weighted by Crippen LogP contribution is -2.27. The average molecular weight is 175 g/mol. The molecule has 0 saturated carbocycles. The van der Waals surface area contributed by atoms with Gasteiger partial charge in [-0.25, -0.2) is 4.79 Å². The van der Waals surface area contributed by atoms with Gasteiger partial charge in [-0.1, -0.05) is 6.92 Å². The highest BCUT2D eigenvalue weighted by molar-refractivity contribution is 5.75. The third-order valence-corrected chi connectivity index (χ3v) is 1.12. The summed E-state index contributed by atoms with van der Waals surface area (Å²) in [5.41, 5.74) is 0. The summed E-state index contributed by atoms with van der Waals surface area (Å²) >= 11 is 0. The summed E-state index contributed by atoms with van der Waals surface area (Å²) in [5, 5.41) is 10.7. The third-order valence-electron chi connectivity index (χ3n) is 1.12. The van der Waals surface area contributed by atoms with Crippen LogP contribution in [0.5, 0.6) is 0 Å². The average Bonchev–Trinajstić information content (AvgIpc) is 2.03. The van der Waals surface area contributed by atoms with Crippen molar-refractivity contribution in [2.45, 2.75) is 13.3 Å². The molecule has 0 aromatic heterocycles. The molecule has 0 unspecified atom stereocenters. The summed E-state index contributed by atoms with van der Waals surface area (Å²) < 4.78 is 4.68. The van der Waals surface area contributed by atoms with Gasteiger partial charge in [-0.2, -0.15) is 0 Å². The number of aliphatic carboxylic acids is 1. The quantitative estimate of drug-likeness (QED) is 0.539. The lowest BCUT2D eigenvalue weighted by atomic mass is 10.4. The third kappa shape index (κ3) is 7.01. The van der Waals surface area contributed by atoms with Gasteiger partial charge >= 0.3 is 5.97 Å². The maximum atomic E-state index is 10.6. The van der Waals surface area contributed by atoms with Crippen molar-refractivity contribution < 1.29 is 19.4 Å². The minimum absolute atomic E-state index is 0.0612. The predicted molar refractivity (Wildman–Crippen MR) is 41.8 cm³/mol. The maximum absolute atomic E-state index is 10.6. The van der Waals surface area contributed by atoms with E-state index in [1.807, 2.05) is 0 Å². The van der Waals surface area contributed by atoms with E-state index in [0.29, 0.717) is 13.0 Å². The molecule has 2 N–H and O–H groups in total. The number of carbonyl (C=O) groups is 2. The number of carboxylic acids is 1. The van der Waals surface area contributed by atoms with E-state index in [9.17, 15) is 9.59 Å². The molecular weight excluding hydrogens is 162 g/mol. The van der Waals surface area contributed by atoms with Crippen LogP contribution in [0, 0.1) is 0 Å². The Morgan fingerprint density at radius 3 is 2.67 bits per heavy atom. The number of rotatable bonds is 6. The molecular formula is C7H13NO4. The van der Waals surface area contributed by atoms with Gasteiger partial charge in [0.1, 0.15) is 6.61 Å². The molecule has 0 aliphatic carbocycles. The van der Waals surface area contributed by atoms with Crippen LogP contribution in [0.2, 0.25) is 0 Å². The summed E-state index contributed by atoms with van der Waals surface area (Å²) in [7, 11) is 0. The SMILES string of the molecule is CCC(=O)NCCOCC(=O)O. The summed E-state index contributed by atoms with van der Waals surface area (Å²) in [5.74, 6) is -1.06. The number of carboxylic acid groups (broad SMARTS) is 1. The largest absolute Gasteiger partial charge is 0.480 e.